The van der Waals surface area contributed by atoms with Crippen LogP contribution in [0.15, 0.2) is 46.9 Å². The van der Waals surface area contributed by atoms with E-state index >= 15 is 0 Å². The zero-order valence-corrected chi connectivity index (χ0v) is 18.4. The predicted octanol–water partition coefficient (Wildman–Crippen LogP) is 5.61. The van der Waals surface area contributed by atoms with E-state index in [0.717, 1.165) is 40.2 Å². The Labute approximate surface area is 171 Å². The molecular weight excluding hydrogens is 404 g/mol. The van der Waals surface area contributed by atoms with E-state index in [2.05, 4.69) is 60.8 Å². The van der Waals surface area contributed by atoms with E-state index < -0.39 is 0 Å². The van der Waals surface area contributed by atoms with Crippen molar-refractivity contribution in [1.29, 1.82) is 0 Å². The summed E-state index contributed by atoms with van der Waals surface area (Å²) in [5.41, 5.74) is 2.91. The Balaban J connectivity index is 1.99. The Morgan fingerprint density at radius 2 is 1.70 bits per heavy atom. The van der Waals surface area contributed by atoms with Crippen molar-refractivity contribution in [2.75, 3.05) is 29.9 Å². The van der Waals surface area contributed by atoms with E-state index in [1.807, 2.05) is 42.5 Å². The maximum Gasteiger partial charge on any atom is 0.262 e. The summed E-state index contributed by atoms with van der Waals surface area (Å²) in [6.07, 6.45) is 0. The number of anilines is 2. The van der Waals surface area contributed by atoms with Gasteiger partial charge in [-0.2, -0.15) is 0 Å². The predicted molar refractivity (Wildman–Crippen MR) is 117 cm³/mol. The second-order valence-electron chi connectivity index (χ2n) is 7.45. The summed E-state index contributed by atoms with van der Waals surface area (Å²) in [5.74, 6) is 0.561. The molecule has 146 valence electrons. The quantitative estimate of drug-likeness (QED) is 0.617. The first kappa shape index (κ1) is 21.3. The molecule has 0 aliphatic rings. The average Bonchev–Trinajstić information content (AvgIpc) is 2.62. The molecule has 4 nitrogen and oxygen atoms in total. The summed E-state index contributed by atoms with van der Waals surface area (Å²) >= 11 is 3.50. The van der Waals surface area contributed by atoms with Gasteiger partial charge in [-0.3, -0.25) is 4.79 Å². The first-order valence-corrected chi connectivity index (χ1v) is 10.1. The van der Waals surface area contributed by atoms with E-state index in [1.54, 1.807) is 0 Å². The van der Waals surface area contributed by atoms with Gasteiger partial charge in [-0.25, -0.2) is 0 Å². The van der Waals surface area contributed by atoms with Gasteiger partial charge in [0.2, 0.25) is 0 Å². The molecule has 0 aromatic heterocycles. The number of carbonyl (C=O) groups is 1. The van der Waals surface area contributed by atoms with Gasteiger partial charge in [0, 0.05) is 34.5 Å². The van der Waals surface area contributed by atoms with Crippen LogP contribution in [-0.4, -0.2) is 25.6 Å². The summed E-state index contributed by atoms with van der Waals surface area (Å²) in [6, 6.07) is 13.8. The van der Waals surface area contributed by atoms with Crippen LogP contribution < -0.4 is 15.0 Å². The highest BCUT2D eigenvalue weighted by Crippen LogP contribution is 2.33. The Morgan fingerprint density at radius 3 is 2.26 bits per heavy atom. The zero-order chi connectivity index (χ0) is 20.0. The van der Waals surface area contributed by atoms with Gasteiger partial charge in [0.1, 0.15) is 5.75 Å². The maximum atomic E-state index is 12.3. The van der Waals surface area contributed by atoms with Crippen LogP contribution >= 0.6 is 15.9 Å². The van der Waals surface area contributed by atoms with E-state index in [9.17, 15) is 4.79 Å². The SMILES string of the molecule is CCN(CC)c1ccc(NC(=O)COc2ccc(Br)cc2C(C)(C)C)cc1. The van der Waals surface area contributed by atoms with Crippen LogP contribution in [-0.2, 0) is 10.2 Å². The number of rotatable bonds is 7. The molecule has 0 heterocycles. The molecule has 0 bridgehead atoms. The minimum atomic E-state index is -0.173. The van der Waals surface area contributed by atoms with Gasteiger partial charge in [0.05, 0.1) is 0 Å². The maximum absolute atomic E-state index is 12.3. The van der Waals surface area contributed by atoms with Crippen molar-refractivity contribution in [3.63, 3.8) is 0 Å². The molecule has 0 spiro atoms. The first-order valence-electron chi connectivity index (χ1n) is 9.32. The van der Waals surface area contributed by atoms with Crippen molar-refractivity contribution < 1.29 is 9.53 Å². The fraction of sp³-hybridized carbons (Fsp3) is 0.409. The van der Waals surface area contributed by atoms with Crippen molar-refractivity contribution in [2.45, 2.75) is 40.0 Å². The number of amides is 1. The number of ether oxygens (including phenoxy) is 1. The molecule has 2 aromatic rings. The molecule has 0 atom stereocenters. The number of hydrogen-bond donors (Lipinski definition) is 1. The molecule has 0 aliphatic carbocycles. The van der Waals surface area contributed by atoms with E-state index in [0.29, 0.717) is 0 Å². The summed E-state index contributed by atoms with van der Waals surface area (Å²) < 4.78 is 6.81. The first-order chi connectivity index (χ1) is 12.7. The van der Waals surface area contributed by atoms with Crippen LogP contribution in [0.2, 0.25) is 0 Å². The zero-order valence-electron chi connectivity index (χ0n) is 16.8. The molecule has 2 rings (SSSR count). The fourth-order valence-electron chi connectivity index (χ4n) is 2.90. The van der Waals surface area contributed by atoms with Gasteiger partial charge in [0.25, 0.3) is 5.91 Å². The Kier molecular flexibility index (Phi) is 7.31. The summed E-state index contributed by atoms with van der Waals surface area (Å²) in [5, 5.41) is 2.89. The van der Waals surface area contributed by atoms with Crippen LogP contribution in [0.25, 0.3) is 0 Å². The molecule has 0 saturated carbocycles. The Hall–Kier alpha value is -2.01. The van der Waals surface area contributed by atoms with Crippen molar-refractivity contribution in [3.05, 3.63) is 52.5 Å². The second-order valence-corrected chi connectivity index (χ2v) is 8.36. The third-order valence-electron chi connectivity index (χ3n) is 4.39. The largest absolute Gasteiger partial charge is 0.483 e. The average molecular weight is 433 g/mol. The molecular formula is C22H29BrN2O2. The van der Waals surface area contributed by atoms with Gasteiger partial charge >= 0.3 is 0 Å². The number of carbonyl (C=O) groups excluding carboxylic acids is 1. The van der Waals surface area contributed by atoms with Crippen molar-refractivity contribution in [1.82, 2.24) is 0 Å². The highest BCUT2D eigenvalue weighted by atomic mass is 79.9. The number of halogens is 1. The van der Waals surface area contributed by atoms with Crippen LogP contribution in [0.5, 0.6) is 5.75 Å². The molecule has 1 N–H and O–H groups in total. The topological polar surface area (TPSA) is 41.6 Å². The van der Waals surface area contributed by atoms with Gasteiger partial charge in [0.15, 0.2) is 6.61 Å². The van der Waals surface area contributed by atoms with E-state index in [1.165, 1.54) is 0 Å². The molecule has 0 aliphatic heterocycles. The fourth-order valence-corrected chi connectivity index (χ4v) is 3.26. The molecule has 0 unspecified atom stereocenters. The molecule has 27 heavy (non-hydrogen) atoms. The smallest absolute Gasteiger partial charge is 0.262 e. The molecule has 0 radical (unpaired) electrons. The monoisotopic (exact) mass is 432 g/mol. The standard InChI is InChI=1S/C22H29BrN2O2/c1-6-25(7-2)18-11-9-17(10-12-18)24-21(26)15-27-20-13-8-16(23)14-19(20)22(3,4)5/h8-14H,6-7,15H2,1-5H3,(H,24,26). The van der Waals surface area contributed by atoms with E-state index in [4.69, 9.17) is 4.74 Å². The summed E-state index contributed by atoms with van der Waals surface area (Å²) in [7, 11) is 0. The summed E-state index contributed by atoms with van der Waals surface area (Å²) in [4.78, 5) is 14.5. The third-order valence-corrected chi connectivity index (χ3v) is 4.88. The number of nitrogens with one attached hydrogen (secondary N) is 1. The normalized spacial score (nSPS) is 11.2. The minimum absolute atomic E-state index is 0.0253. The van der Waals surface area contributed by atoms with Crippen molar-refractivity contribution in [2.24, 2.45) is 0 Å². The van der Waals surface area contributed by atoms with Crippen molar-refractivity contribution in [3.8, 4) is 5.75 Å². The van der Waals surface area contributed by atoms with Gasteiger partial charge in [-0.1, -0.05) is 36.7 Å². The van der Waals surface area contributed by atoms with Gasteiger partial charge < -0.3 is 15.0 Å². The molecule has 0 fully saturated rings. The molecule has 2 aromatic carbocycles. The molecule has 5 heteroatoms. The van der Waals surface area contributed by atoms with Crippen LogP contribution in [0.1, 0.15) is 40.2 Å². The number of benzene rings is 2. The van der Waals surface area contributed by atoms with Gasteiger partial charge in [-0.05, 0) is 61.7 Å². The third kappa shape index (κ3) is 5.99. The van der Waals surface area contributed by atoms with Crippen LogP contribution in [0, 0.1) is 0 Å². The number of nitrogens with zero attached hydrogens (tertiary/aromatic N) is 1. The lowest BCUT2D eigenvalue weighted by Crippen LogP contribution is -2.23. The van der Waals surface area contributed by atoms with Gasteiger partial charge in [-0.15, -0.1) is 0 Å². The highest BCUT2D eigenvalue weighted by molar-refractivity contribution is 9.10. The Bertz CT molecular complexity index is 763. The lowest BCUT2D eigenvalue weighted by Gasteiger charge is -2.23. The second kappa shape index (κ2) is 9.27. The lowest BCUT2D eigenvalue weighted by atomic mass is 9.86. The highest BCUT2D eigenvalue weighted by Gasteiger charge is 2.20. The van der Waals surface area contributed by atoms with Crippen molar-refractivity contribution >= 4 is 33.2 Å². The van der Waals surface area contributed by atoms with Crippen LogP contribution in [0.3, 0.4) is 0 Å². The number of hydrogen-bond acceptors (Lipinski definition) is 3. The molecule has 1 amide bonds. The minimum Gasteiger partial charge on any atom is -0.483 e. The van der Waals surface area contributed by atoms with Crippen LogP contribution in [0.4, 0.5) is 11.4 Å². The molecule has 0 saturated heterocycles. The Morgan fingerprint density at radius 1 is 1.07 bits per heavy atom. The van der Waals surface area contributed by atoms with E-state index in [-0.39, 0.29) is 17.9 Å². The summed E-state index contributed by atoms with van der Waals surface area (Å²) in [6.45, 7) is 12.5. The lowest BCUT2D eigenvalue weighted by molar-refractivity contribution is -0.118.